The molecule has 0 aliphatic heterocycles. The molecule has 5 heteroatoms. The molecule has 17 heavy (non-hydrogen) atoms. The lowest BCUT2D eigenvalue weighted by atomic mass is 9.92. The molecule has 1 aliphatic rings. The number of nitrogens with one attached hydrogen (secondary N) is 1. The fraction of sp³-hybridized carbons (Fsp3) is 0.917. The molecule has 1 amide bonds. The molecule has 0 heterocycles. The minimum Gasteiger partial charge on any atom is -0.444 e. The van der Waals surface area contributed by atoms with Crippen LogP contribution in [0.4, 0.5) is 13.6 Å². The van der Waals surface area contributed by atoms with Gasteiger partial charge in [-0.25, -0.2) is 13.6 Å². The molecule has 1 atom stereocenters. The van der Waals surface area contributed by atoms with Crippen molar-refractivity contribution < 1.29 is 18.3 Å². The van der Waals surface area contributed by atoms with Crippen molar-refractivity contribution in [2.45, 2.75) is 70.4 Å². The Balaban J connectivity index is 2.41. The van der Waals surface area contributed by atoms with E-state index in [4.69, 9.17) is 4.74 Å². The van der Waals surface area contributed by atoms with E-state index in [0.29, 0.717) is 19.3 Å². The van der Waals surface area contributed by atoms with Crippen LogP contribution in [-0.4, -0.2) is 23.7 Å². The highest BCUT2D eigenvalue weighted by Gasteiger charge is 2.37. The van der Waals surface area contributed by atoms with Crippen molar-refractivity contribution in [2.75, 3.05) is 0 Å². The molecule has 100 valence electrons. The monoisotopic (exact) mass is 249 g/mol. The lowest BCUT2D eigenvalue weighted by Gasteiger charge is -2.30. The Kier molecular flexibility index (Phi) is 4.33. The first-order valence-corrected chi connectivity index (χ1v) is 6.11. The van der Waals surface area contributed by atoms with Gasteiger partial charge >= 0.3 is 6.09 Å². The molecule has 1 aliphatic carbocycles. The third-order valence-corrected chi connectivity index (χ3v) is 3.18. The number of carbonyl (C=O) groups excluding carboxylic acids is 1. The van der Waals surface area contributed by atoms with E-state index in [9.17, 15) is 13.6 Å². The van der Waals surface area contributed by atoms with Crippen molar-refractivity contribution in [1.29, 1.82) is 0 Å². The molecule has 0 spiro atoms. The third-order valence-electron chi connectivity index (χ3n) is 3.18. The zero-order chi connectivity index (χ0) is 13.1. The highest BCUT2D eigenvalue weighted by atomic mass is 19.3. The second-order valence-electron chi connectivity index (χ2n) is 5.30. The highest BCUT2D eigenvalue weighted by Crippen LogP contribution is 2.33. The van der Waals surface area contributed by atoms with E-state index in [1.165, 1.54) is 0 Å². The van der Waals surface area contributed by atoms with Gasteiger partial charge in [-0.3, -0.25) is 0 Å². The molecule has 1 rings (SSSR count). The van der Waals surface area contributed by atoms with Gasteiger partial charge in [-0.05, 0) is 33.1 Å². The van der Waals surface area contributed by atoms with Gasteiger partial charge < -0.3 is 10.1 Å². The predicted octanol–water partition coefficient (Wildman–Crippen LogP) is 3.48. The fourth-order valence-corrected chi connectivity index (χ4v) is 1.81. The average molecular weight is 249 g/mol. The zero-order valence-corrected chi connectivity index (χ0v) is 10.7. The summed E-state index contributed by atoms with van der Waals surface area (Å²) in [7, 11) is 0. The number of hydrogen-bond acceptors (Lipinski definition) is 2. The first-order chi connectivity index (χ1) is 7.74. The number of hydrogen-bond donors (Lipinski definition) is 1. The van der Waals surface area contributed by atoms with Crippen LogP contribution in [0, 0.1) is 0 Å². The van der Waals surface area contributed by atoms with E-state index in [0.717, 1.165) is 0 Å². The number of alkyl halides is 2. The first kappa shape index (κ1) is 14.2. The second-order valence-corrected chi connectivity index (χ2v) is 5.30. The Bertz CT molecular complexity index is 280. The normalized spacial score (nSPS) is 24.2. The van der Waals surface area contributed by atoms with Crippen LogP contribution in [0.3, 0.4) is 0 Å². The molecular formula is C12H21F2NO2. The van der Waals surface area contributed by atoms with E-state index in [-0.39, 0.29) is 12.8 Å². The lowest BCUT2D eigenvalue weighted by Crippen LogP contribution is -2.44. The molecule has 1 N–H and O–H groups in total. The minimum atomic E-state index is -2.66. The topological polar surface area (TPSA) is 38.3 Å². The van der Waals surface area contributed by atoms with Crippen LogP contribution in [0.2, 0.25) is 0 Å². The Morgan fingerprint density at radius 2 is 2.18 bits per heavy atom. The molecular weight excluding hydrogens is 228 g/mol. The number of ether oxygens (including phenoxy) is 1. The summed E-state index contributed by atoms with van der Waals surface area (Å²) < 4.78 is 31.4. The molecule has 1 fully saturated rings. The molecule has 0 radical (unpaired) electrons. The minimum absolute atomic E-state index is 0.0827. The molecule has 0 saturated heterocycles. The molecule has 0 aromatic carbocycles. The van der Waals surface area contributed by atoms with E-state index in [2.05, 4.69) is 5.32 Å². The van der Waals surface area contributed by atoms with E-state index in [1.54, 1.807) is 13.8 Å². The first-order valence-electron chi connectivity index (χ1n) is 6.11. The van der Waals surface area contributed by atoms with E-state index in [1.807, 2.05) is 6.92 Å². The zero-order valence-electron chi connectivity index (χ0n) is 10.7. The SMILES string of the molecule is CCC(C)(C)OC(=O)NC1CCCC(F)(F)C1. The Hall–Kier alpha value is -0.870. The van der Waals surface area contributed by atoms with Crippen molar-refractivity contribution in [3.05, 3.63) is 0 Å². The molecule has 0 aromatic heterocycles. The average Bonchev–Trinajstić information content (AvgIpc) is 2.14. The molecule has 1 unspecified atom stereocenters. The van der Waals surface area contributed by atoms with Crippen LogP contribution in [0.5, 0.6) is 0 Å². The summed E-state index contributed by atoms with van der Waals surface area (Å²) in [6.45, 7) is 5.49. The van der Waals surface area contributed by atoms with Crippen molar-refractivity contribution >= 4 is 6.09 Å². The van der Waals surface area contributed by atoms with E-state index < -0.39 is 23.7 Å². The standard InChI is InChI=1S/C12H21F2NO2/c1-4-11(2,3)17-10(16)15-9-6-5-7-12(13,14)8-9/h9H,4-8H2,1-3H3,(H,15,16). The van der Waals surface area contributed by atoms with Gasteiger partial charge in [-0.2, -0.15) is 0 Å². The Morgan fingerprint density at radius 3 is 2.71 bits per heavy atom. The Labute approximate surface area is 101 Å². The number of carbonyl (C=O) groups is 1. The van der Waals surface area contributed by atoms with Crippen molar-refractivity contribution in [3.8, 4) is 0 Å². The Morgan fingerprint density at radius 1 is 1.53 bits per heavy atom. The van der Waals surface area contributed by atoms with Crippen LogP contribution in [0.1, 0.15) is 52.9 Å². The van der Waals surface area contributed by atoms with Gasteiger partial charge in [0.25, 0.3) is 0 Å². The summed E-state index contributed by atoms with van der Waals surface area (Å²) in [6, 6.07) is -0.473. The number of alkyl carbamates (subject to hydrolysis) is 1. The maximum atomic E-state index is 13.1. The van der Waals surface area contributed by atoms with Crippen LogP contribution in [0.25, 0.3) is 0 Å². The van der Waals surface area contributed by atoms with Crippen molar-refractivity contribution in [3.63, 3.8) is 0 Å². The van der Waals surface area contributed by atoms with E-state index >= 15 is 0 Å². The van der Waals surface area contributed by atoms with Crippen molar-refractivity contribution in [2.24, 2.45) is 0 Å². The van der Waals surface area contributed by atoms with Crippen LogP contribution < -0.4 is 5.32 Å². The van der Waals surface area contributed by atoms with Gasteiger partial charge in [0.2, 0.25) is 5.92 Å². The highest BCUT2D eigenvalue weighted by molar-refractivity contribution is 5.68. The van der Waals surface area contributed by atoms with Crippen LogP contribution >= 0.6 is 0 Å². The van der Waals surface area contributed by atoms with Gasteiger partial charge in [-0.1, -0.05) is 6.92 Å². The number of halogens is 2. The lowest BCUT2D eigenvalue weighted by molar-refractivity contribution is -0.0451. The molecule has 1 saturated carbocycles. The van der Waals surface area contributed by atoms with Gasteiger partial charge in [0.1, 0.15) is 5.60 Å². The quantitative estimate of drug-likeness (QED) is 0.831. The largest absolute Gasteiger partial charge is 0.444 e. The molecule has 3 nitrogen and oxygen atoms in total. The fourth-order valence-electron chi connectivity index (χ4n) is 1.81. The summed E-state index contributed by atoms with van der Waals surface area (Å²) >= 11 is 0. The number of rotatable bonds is 3. The summed E-state index contributed by atoms with van der Waals surface area (Å²) in [5.41, 5.74) is -0.554. The maximum absolute atomic E-state index is 13.1. The summed E-state index contributed by atoms with van der Waals surface area (Å²) in [5.74, 6) is -2.66. The van der Waals surface area contributed by atoms with Crippen LogP contribution in [0.15, 0.2) is 0 Å². The van der Waals surface area contributed by atoms with Gasteiger partial charge in [0.05, 0.1) is 0 Å². The van der Waals surface area contributed by atoms with Gasteiger partial charge in [0.15, 0.2) is 0 Å². The van der Waals surface area contributed by atoms with Crippen LogP contribution in [-0.2, 0) is 4.74 Å². The second kappa shape index (κ2) is 5.19. The van der Waals surface area contributed by atoms with Gasteiger partial charge in [-0.15, -0.1) is 0 Å². The maximum Gasteiger partial charge on any atom is 0.407 e. The number of amides is 1. The third kappa shape index (κ3) is 4.88. The summed E-state index contributed by atoms with van der Waals surface area (Å²) in [4.78, 5) is 11.5. The molecule has 0 bridgehead atoms. The molecule has 0 aromatic rings. The van der Waals surface area contributed by atoms with Gasteiger partial charge in [0, 0.05) is 18.9 Å². The smallest absolute Gasteiger partial charge is 0.407 e. The summed E-state index contributed by atoms with van der Waals surface area (Å²) in [6.07, 6.45) is 0.753. The van der Waals surface area contributed by atoms with Crippen molar-refractivity contribution in [1.82, 2.24) is 5.32 Å². The summed E-state index contributed by atoms with van der Waals surface area (Å²) in [5, 5.41) is 2.52. The predicted molar refractivity (Wildman–Crippen MR) is 61.2 cm³/mol.